The molecular weight excluding hydrogens is 424 g/mol. The van der Waals surface area contributed by atoms with E-state index in [1.165, 1.54) is 33.4 Å². The smallest absolute Gasteiger partial charge is 0.133 e. The zero-order valence-electron chi connectivity index (χ0n) is 17.8. The number of benzene rings is 5. The Morgan fingerprint density at radius 1 is 0.485 bits per heavy atom. The molecule has 1 aliphatic carbocycles. The van der Waals surface area contributed by atoms with E-state index < -0.39 is 5.41 Å². The van der Waals surface area contributed by atoms with E-state index in [2.05, 4.69) is 103 Å². The van der Waals surface area contributed by atoms with Crippen LogP contribution in [0.5, 0.6) is 11.5 Å². The van der Waals surface area contributed by atoms with E-state index in [0.29, 0.717) is 5.02 Å². The van der Waals surface area contributed by atoms with Gasteiger partial charge in [0.05, 0.1) is 5.41 Å². The van der Waals surface area contributed by atoms with E-state index in [1.807, 2.05) is 12.1 Å². The lowest BCUT2D eigenvalue weighted by Crippen LogP contribution is -2.32. The molecule has 2 aliphatic rings. The second-order valence-corrected chi connectivity index (χ2v) is 9.10. The quantitative estimate of drug-likeness (QED) is 0.247. The number of halogens is 1. The fourth-order valence-corrected chi connectivity index (χ4v) is 5.85. The van der Waals surface area contributed by atoms with Crippen molar-refractivity contribution in [1.82, 2.24) is 0 Å². The number of hydrogen-bond acceptors (Lipinski definition) is 1. The van der Waals surface area contributed by atoms with Gasteiger partial charge in [-0.05, 0) is 57.6 Å². The van der Waals surface area contributed by atoms with E-state index in [-0.39, 0.29) is 0 Å². The second kappa shape index (κ2) is 6.84. The van der Waals surface area contributed by atoms with Crippen molar-refractivity contribution < 1.29 is 4.74 Å². The molecule has 0 N–H and O–H groups in total. The van der Waals surface area contributed by atoms with Gasteiger partial charge in [-0.1, -0.05) is 103 Å². The minimum atomic E-state index is -0.467. The summed E-state index contributed by atoms with van der Waals surface area (Å²) in [5, 5.41) is 0.674. The lowest BCUT2D eigenvalue weighted by molar-refractivity contribution is 0.436. The van der Waals surface area contributed by atoms with Crippen molar-refractivity contribution in [2.24, 2.45) is 0 Å². The minimum absolute atomic E-state index is 0.467. The molecule has 1 heterocycles. The highest BCUT2D eigenvalue weighted by molar-refractivity contribution is 6.30. The first-order valence-electron chi connectivity index (χ1n) is 11.1. The Kier molecular flexibility index (Phi) is 3.88. The van der Waals surface area contributed by atoms with E-state index in [1.54, 1.807) is 0 Å². The van der Waals surface area contributed by atoms with Crippen LogP contribution < -0.4 is 4.74 Å². The fourth-order valence-electron chi connectivity index (χ4n) is 5.69. The third-order valence-electron chi connectivity index (χ3n) is 7.01. The van der Waals surface area contributed by atoms with Crippen LogP contribution in [0, 0.1) is 0 Å². The maximum Gasteiger partial charge on any atom is 0.133 e. The molecular formula is C31H19ClO. The van der Waals surface area contributed by atoms with Crippen molar-refractivity contribution in [1.29, 1.82) is 0 Å². The molecule has 7 rings (SSSR count). The van der Waals surface area contributed by atoms with Gasteiger partial charge in [-0.25, -0.2) is 0 Å². The summed E-state index contributed by atoms with van der Waals surface area (Å²) in [6.07, 6.45) is 0. The topological polar surface area (TPSA) is 9.23 Å². The average molecular weight is 443 g/mol. The molecule has 0 saturated carbocycles. The van der Waals surface area contributed by atoms with Gasteiger partial charge in [0, 0.05) is 16.1 Å². The first-order chi connectivity index (χ1) is 16.3. The van der Waals surface area contributed by atoms with E-state index in [9.17, 15) is 0 Å². The van der Waals surface area contributed by atoms with Crippen molar-refractivity contribution in [3.05, 3.63) is 143 Å². The predicted octanol–water partition coefficient (Wildman–Crippen LogP) is 8.48. The summed E-state index contributed by atoms with van der Waals surface area (Å²) >= 11 is 6.42. The summed E-state index contributed by atoms with van der Waals surface area (Å²) in [6, 6.07) is 40.6. The van der Waals surface area contributed by atoms with Crippen molar-refractivity contribution in [2.75, 3.05) is 0 Å². The average Bonchev–Trinajstić information content (AvgIpc) is 3.16. The highest BCUT2D eigenvalue weighted by atomic mass is 35.5. The third kappa shape index (κ3) is 2.49. The van der Waals surface area contributed by atoms with Crippen LogP contribution in [0.25, 0.3) is 22.3 Å². The molecule has 0 saturated heterocycles. The molecule has 0 amide bonds. The Labute approximate surface area is 197 Å². The van der Waals surface area contributed by atoms with E-state index in [4.69, 9.17) is 16.3 Å². The molecule has 0 aromatic heterocycles. The third-order valence-corrected chi connectivity index (χ3v) is 7.25. The molecule has 156 valence electrons. The Hall–Kier alpha value is -3.81. The van der Waals surface area contributed by atoms with Crippen LogP contribution in [-0.2, 0) is 5.41 Å². The number of rotatable bonds is 1. The number of fused-ring (bicyclic) bond motifs is 9. The summed E-state index contributed by atoms with van der Waals surface area (Å²) < 4.78 is 6.48. The lowest BCUT2D eigenvalue weighted by atomic mass is 9.66. The molecule has 0 radical (unpaired) electrons. The molecule has 1 nitrogen and oxygen atoms in total. The van der Waals surface area contributed by atoms with Crippen molar-refractivity contribution in [3.8, 4) is 33.8 Å². The molecule has 0 atom stereocenters. The van der Waals surface area contributed by atoms with Gasteiger partial charge in [0.25, 0.3) is 0 Å². The maximum absolute atomic E-state index is 6.48. The number of ether oxygens (including phenoxy) is 1. The first-order valence-corrected chi connectivity index (χ1v) is 11.5. The van der Waals surface area contributed by atoms with Gasteiger partial charge < -0.3 is 4.74 Å². The van der Waals surface area contributed by atoms with Crippen LogP contribution in [0.3, 0.4) is 0 Å². The molecule has 5 aromatic carbocycles. The Balaban J connectivity index is 1.64. The van der Waals surface area contributed by atoms with Gasteiger partial charge in [-0.15, -0.1) is 0 Å². The summed E-state index contributed by atoms with van der Waals surface area (Å²) in [5.74, 6) is 1.69. The molecule has 1 aliphatic heterocycles. The van der Waals surface area contributed by atoms with Gasteiger partial charge in [-0.2, -0.15) is 0 Å². The van der Waals surface area contributed by atoms with Crippen LogP contribution in [0.2, 0.25) is 5.02 Å². The largest absolute Gasteiger partial charge is 0.457 e. The zero-order valence-corrected chi connectivity index (χ0v) is 18.5. The molecule has 0 bridgehead atoms. The van der Waals surface area contributed by atoms with Crippen molar-refractivity contribution in [3.63, 3.8) is 0 Å². The van der Waals surface area contributed by atoms with Gasteiger partial charge in [0.1, 0.15) is 11.5 Å². The van der Waals surface area contributed by atoms with Crippen LogP contribution >= 0.6 is 11.6 Å². The molecule has 2 heteroatoms. The molecule has 1 spiro atoms. The predicted molar refractivity (Wildman–Crippen MR) is 134 cm³/mol. The second-order valence-electron chi connectivity index (χ2n) is 8.66. The summed E-state index contributed by atoms with van der Waals surface area (Å²) in [7, 11) is 0. The van der Waals surface area contributed by atoms with Crippen molar-refractivity contribution in [2.45, 2.75) is 5.41 Å². The zero-order chi connectivity index (χ0) is 22.0. The maximum atomic E-state index is 6.48. The summed E-state index contributed by atoms with van der Waals surface area (Å²) in [6.45, 7) is 0. The first kappa shape index (κ1) is 18.7. The highest BCUT2D eigenvalue weighted by Crippen LogP contribution is 2.62. The van der Waals surface area contributed by atoms with Gasteiger partial charge >= 0.3 is 0 Å². The van der Waals surface area contributed by atoms with Gasteiger partial charge in [0.15, 0.2) is 0 Å². The van der Waals surface area contributed by atoms with E-state index in [0.717, 1.165) is 22.6 Å². The standard InChI is InChI=1S/C31H19ClO/c32-22-15-16-27-30(19-22)33-29-17-14-21(20-8-2-1-3-9-20)18-28(29)31(27)25-12-6-4-10-23(25)24-11-5-7-13-26(24)31/h1-19H. The molecule has 0 fully saturated rings. The highest BCUT2D eigenvalue weighted by Gasteiger charge is 2.51. The Bertz CT molecular complexity index is 1510. The minimum Gasteiger partial charge on any atom is -0.457 e. The van der Waals surface area contributed by atoms with Gasteiger partial charge in [0.2, 0.25) is 0 Å². The monoisotopic (exact) mass is 442 g/mol. The lowest BCUT2D eigenvalue weighted by Gasteiger charge is -2.39. The normalized spacial score (nSPS) is 14.1. The molecule has 33 heavy (non-hydrogen) atoms. The fraction of sp³-hybridized carbons (Fsp3) is 0.0323. The van der Waals surface area contributed by atoms with Crippen LogP contribution in [-0.4, -0.2) is 0 Å². The Morgan fingerprint density at radius 3 is 1.88 bits per heavy atom. The molecule has 5 aromatic rings. The SMILES string of the molecule is Clc1ccc2c(c1)Oc1ccc(-c3ccccc3)cc1C21c2ccccc2-c2ccccc21. The summed E-state index contributed by atoms with van der Waals surface area (Å²) in [4.78, 5) is 0. The van der Waals surface area contributed by atoms with Gasteiger partial charge in [-0.3, -0.25) is 0 Å². The van der Waals surface area contributed by atoms with Crippen LogP contribution in [0.15, 0.2) is 115 Å². The number of hydrogen-bond donors (Lipinski definition) is 0. The van der Waals surface area contributed by atoms with E-state index >= 15 is 0 Å². The molecule has 0 unspecified atom stereocenters. The van der Waals surface area contributed by atoms with Crippen LogP contribution in [0.4, 0.5) is 0 Å². The Morgan fingerprint density at radius 2 is 1.15 bits per heavy atom. The van der Waals surface area contributed by atoms with Crippen LogP contribution in [0.1, 0.15) is 22.3 Å². The summed E-state index contributed by atoms with van der Waals surface area (Å²) in [5.41, 5.74) is 9.30. The van der Waals surface area contributed by atoms with Crippen molar-refractivity contribution >= 4 is 11.6 Å².